The zero-order chi connectivity index (χ0) is 17.0. The van der Waals surface area contributed by atoms with E-state index in [9.17, 15) is 5.11 Å². The summed E-state index contributed by atoms with van der Waals surface area (Å²) in [5, 5.41) is 27.2. The molecule has 1 aromatic carbocycles. The molecule has 0 amide bonds. The van der Waals surface area contributed by atoms with E-state index in [4.69, 9.17) is 9.68 Å². The zero-order valence-corrected chi connectivity index (χ0v) is 13.9. The van der Waals surface area contributed by atoms with Crippen LogP contribution in [0.25, 0.3) is 0 Å². The Bertz CT molecular complexity index is 680. The largest absolute Gasteiger partial charge is 0.424 e. The maximum absolute atomic E-state index is 10.5. The van der Waals surface area contributed by atoms with Gasteiger partial charge in [0.1, 0.15) is 0 Å². The van der Waals surface area contributed by atoms with Crippen LogP contribution in [0, 0.1) is 18.3 Å². The molecule has 0 aliphatic rings. The number of benzene rings is 1. The molecule has 1 aromatic heterocycles. The fourth-order valence-electron chi connectivity index (χ4n) is 2.23. The van der Waals surface area contributed by atoms with Gasteiger partial charge in [0.15, 0.2) is 0 Å². The number of rotatable bonds is 5. The lowest BCUT2D eigenvalue weighted by atomic mass is 10.0. The van der Waals surface area contributed by atoms with Gasteiger partial charge in [0, 0.05) is 19.0 Å². The van der Waals surface area contributed by atoms with E-state index < -0.39 is 6.10 Å². The van der Waals surface area contributed by atoms with Crippen molar-refractivity contribution in [2.24, 2.45) is 0 Å². The molecule has 1 heterocycles. The summed E-state index contributed by atoms with van der Waals surface area (Å²) in [6.07, 6.45) is -0.661. The van der Waals surface area contributed by atoms with E-state index in [0.29, 0.717) is 30.4 Å². The Hall–Kier alpha value is -2.23. The van der Waals surface area contributed by atoms with E-state index in [1.807, 2.05) is 0 Å². The number of nitrogens with zero attached hydrogens (tertiary/aromatic N) is 4. The highest BCUT2D eigenvalue weighted by molar-refractivity contribution is 5.32. The minimum Gasteiger partial charge on any atom is -0.424 e. The van der Waals surface area contributed by atoms with E-state index in [1.54, 1.807) is 31.2 Å². The van der Waals surface area contributed by atoms with Crippen LogP contribution in [0.4, 0.5) is 0 Å². The number of nitriles is 1. The van der Waals surface area contributed by atoms with Gasteiger partial charge < -0.3 is 9.52 Å². The van der Waals surface area contributed by atoms with E-state index in [2.05, 4.69) is 41.9 Å². The predicted octanol–water partition coefficient (Wildman–Crippen LogP) is 2.58. The molecule has 0 radical (unpaired) electrons. The van der Waals surface area contributed by atoms with Crippen LogP contribution in [-0.4, -0.2) is 32.3 Å². The van der Waals surface area contributed by atoms with Gasteiger partial charge in [0.25, 0.3) is 0 Å². The van der Waals surface area contributed by atoms with Gasteiger partial charge in [-0.05, 0) is 38.5 Å². The van der Waals surface area contributed by atoms with Gasteiger partial charge in [0.05, 0.1) is 24.3 Å². The van der Waals surface area contributed by atoms with Crippen LogP contribution in [0.3, 0.4) is 0 Å². The molecule has 1 atom stereocenters. The number of aliphatic hydroxyl groups is 1. The molecule has 0 fully saturated rings. The van der Waals surface area contributed by atoms with E-state index in [-0.39, 0.29) is 5.54 Å². The summed E-state index contributed by atoms with van der Waals surface area (Å²) >= 11 is 0. The number of aromatic nitrogens is 2. The maximum atomic E-state index is 10.5. The first-order valence-corrected chi connectivity index (χ1v) is 7.52. The molecule has 0 spiro atoms. The van der Waals surface area contributed by atoms with Gasteiger partial charge in [-0.3, -0.25) is 4.90 Å². The molecular weight excluding hydrogens is 292 g/mol. The van der Waals surface area contributed by atoms with Gasteiger partial charge in [-0.25, -0.2) is 0 Å². The highest BCUT2D eigenvalue weighted by Crippen LogP contribution is 2.22. The number of aryl methyl sites for hydroxylation is 1. The summed E-state index contributed by atoms with van der Waals surface area (Å²) in [4.78, 5) is 2.09. The number of hydrogen-bond donors (Lipinski definition) is 1. The molecule has 0 saturated carbocycles. The Labute approximate surface area is 136 Å². The molecule has 0 aliphatic carbocycles. The first-order valence-electron chi connectivity index (χ1n) is 7.52. The Morgan fingerprint density at radius 3 is 2.39 bits per heavy atom. The minimum absolute atomic E-state index is 0.171. The highest BCUT2D eigenvalue weighted by Gasteiger charge is 2.26. The van der Waals surface area contributed by atoms with Crippen LogP contribution in [-0.2, 0) is 6.54 Å². The highest BCUT2D eigenvalue weighted by atomic mass is 16.4. The molecule has 0 aliphatic heterocycles. The van der Waals surface area contributed by atoms with Gasteiger partial charge >= 0.3 is 0 Å². The molecule has 6 nitrogen and oxygen atoms in total. The van der Waals surface area contributed by atoms with Crippen molar-refractivity contribution < 1.29 is 9.52 Å². The third kappa shape index (κ3) is 4.62. The molecule has 2 aromatic rings. The molecule has 1 unspecified atom stereocenters. The molecule has 2 rings (SSSR count). The van der Waals surface area contributed by atoms with Crippen molar-refractivity contribution in [2.75, 3.05) is 6.54 Å². The van der Waals surface area contributed by atoms with Gasteiger partial charge in [0.2, 0.25) is 11.8 Å². The lowest BCUT2D eigenvalue weighted by Gasteiger charge is -2.36. The average Bonchev–Trinajstić information content (AvgIpc) is 2.91. The summed E-state index contributed by atoms with van der Waals surface area (Å²) in [5.74, 6) is 1.06. The molecule has 122 valence electrons. The third-order valence-corrected chi connectivity index (χ3v) is 3.66. The number of aliphatic hydroxyl groups excluding tert-OH is 1. The second kappa shape index (κ2) is 6.90. The zero-order valence-electron chi connectivity index (χ0n) is 13.9. The lowest BCUT2D eigenvalue weighted by molar-refractivity contribution is 0.0460. The van der Waals surface area contributed by atoms with Crippen molar-refractivity contribution in [1.29, 1.82) is 5.26 Å². The fourth-order valence-corrected chi connectivity index (χ4v) is 2.23. The maximum Gasteiger partial charge on any atom is 0.230 e. The molecule has 0 bridgehead atoms. The van der Waals surface area contributed by atoms with E-state index in [1.165, 1.54) is 0 Å². The summed E-state index contributed by atoms with van der Waals surface area (Å²) in [6, 6.07) is 9.05. The summed E-state index contributed by atoms with van der Waals surface area (Å²) in [5.41, 5.74) is 1.19. The quantitative estimate of drug-likeness (QED) is 0.913. The predicted molar refractivity (Wildman–Crippen MR) is 85.3 cm³/mol. The van der Waals surface area contributed by atoms with Crippen molar-refractivity contribution in [2.45, 2.75) is 45.9 Å². The molecule has 1 N–H and O–H groups in total. The van der Waals surface area contributed by atoms with Crippen LogP contribution in [0.1, 0.15) is 49.8 Å². The van der Waals surface area contributed by atoms with Crippen molar-refractivity contribution in [1.82, 2.24) is 15.1 Å². The van der Waals surface area contributed by atoms with E-state index in [0.717, 1.165) is 5.56 Å². The molecule has 23 heavy (non-hydrogen) atoms. The van der Waals surface area contributed by atoms with Crippen LogP contribution in [0.15, 0.2) is 28.7 Å². The van der Waals surface area contributed by atoms with Crippen molar-refractivity contribution >= 4 is 0 Å². The van der Waals surface area contributed by atoms with E-state index >= 15 is 0 Å². The average molecular weight is 314 g/mol. The topological polar surface area (TPSA) is 86.2 Å². The van der Waals surface area contributed by atoms with Gasteiger partial charge in [-0.2, -0.15) is 5.26 Å². The monoisotopic (exact) mass is 314 g/mol. The summed E-state index contributed by atoms with van der Waals surface area (Å²) in [7, 11) is 0. The Morgan fingerprint density at radius 1 is 1.26 bits per heavy atom. The third-order valence-electron chi connectivity index (χ3n) is 3.66. The van der Waals surface area contributed by atoms with Crippen molar-refractivity contribution in [3.05, 3.63) is 47.2 Å². The molecule has 0 saturated heterocycles. The number of β-amino-alcohol motifs (C(OH)–C–C–N with tert-alkyl or cyclic N) is 1. The molecular formula is C17H22N4O2. The van der Waals surface area contributed by atoms with Crippen LogP contribution < -0.4 is 0 Å². The fraction of sp³-hybridized carbons (Fsp3) is 0.471. The Balaban J connectivity index is 2.11. The Morgan fingerprint density at radius 2 is 1.91 bits per heavy atom. The summed E-state index contributed by atoms with van der Waals surface area (Å²) in [6.45, 7) is 8.86. The first kappa shape index (κ1) is 17.1. The SMILES string of the molecule is Cc1nnc(CN(CC(O)c2ccc(C#N)cc2)C(C)(C)C)o1. The van der Waals surface area contributed by atoms with Gasteiger partial charge in [-0.15, -0.1) is 10.2 Å². The van der Waals surface area contributed by atoms with Crippen LogP contribution in [0.5, 0.6) is 0 Å². The Kier molecular flexibility index (Phi) is 5.14. The smallest absolute Gasteiger partial charge is 0.230 e. The van der Waals surface area contributed by atoms with Gasteiger partial charge in [-0.1, -0.05) is 12.1 Å². The molecule has 6 heteroatoms. The minimum atomic E-state index is -0.661. The van der Waals surface area contributed by atoms with Crippen molar-refractivity contribution in [3.8, 4) is 6.07 Å². The lowest BCUT2D eigenvalue weighted by Crippen LogP contribution is -2.43. The van der Waals surface area contributed by atoms with Crippen LogP contribution in [0.2, 0.25) is 0 Å². The second-order valence-electron chi connectivity index (χ2n) is 6.52. The number of hydrogen-bond acceptors (Lipinski definition) is 6. The summed E-state index contributed by atoms with van der Waals surface area (Å²) < 4.78 is 5.45. The van der Waals surface area contributed by atoms with Crippen LogP contribution >= 0.6 is 0 Å². The normalized spacial score (nSPS) is 13.1. The second-order valence-corrected chi connectivity index (χ2v) is 6.52. The standard InChI is InChI=1S/C17H22N4O2/c1-12-19-20-16(23-12)11-21(17(2,3)4)10-15(22)14-7-5-13(9-18)6-8-14/h5-8,15,22H,10-11H2,1-4H3. The first-order chi connectivity index (χ1) is 10.8. The van der Waals surface area contributed by atoms with Crippen molar-refractivity contribution in [3.63, 3.8) is 0 Å².